The number of hydrogen-bond acceptors (Lipinski definition) is 3. The van der Waals surface area contributed by atoms with Gasteiger partial charge in [-0.25, -0.2) is 0 Å². The molecule has 142 valence electrons. The third-order valence-electron chi connectivity index (χ3n) is 5.27. The quantitative estimate of drug-likeness (QED) is 0.825. The zero-order valence-corrected chi connectivity index (χ0v) is 15.5. The van der Waals surface area contributed by atoms with Gasteiger partial charge >= 0.3 is 0 Å². The zero-order valence-electron chi connectivity index (χ0n) is 15.5. The normalized spacial score (nSPS) is 16.4. The number of hydrogen-bond donors (Lipinski definition) is 0. The van der Waals surface area contributed by atoms with Gasteiger partial charge in [-0.15, -0.1) is 0 Å². The maximum Gasteiger partial charge on any atom is 0.259 e. The highest BCUT2D eigenvalue weighted by Gasteiger charge is 2.34. The summed E-state index contributed by atoms with van der Waals surface area (Å²) in [6.45, 7) is 5.82. The largest absolute Gasteiger partial charge is 0.338 e. The molecule has 0 radical (unpaired) electrons. The van der Waals surface area contributed by atoms with Gasteiger partial charge in [-0.2, -0.15) is 0 Å². The first-order valence-corrected chi connectivity index (χ1v) is 9.28. The molecule has 0 unspecified atom stereocenters. The summed E-state index contributed by atoms with van der Waals surface area (Å²) >= 11 is 0. The first-order chi connectivity index (χ1) is 13.6. The predicted octanol–water partition coefficient (Wildman–Crippen LogP) is 2.10. The van der Waals surface area contributed by atoms with Crippen LogP contribution in [0.1, 0.15) is 26.3 Å². The minimum Gasteiger partial charge on any atom is -0.338 e. The summed E-state index contributed by atoms with van der Waals surface area (Å²) in [4.78, 5) is 42.7. The van der Waals surface area contributed by atoms with Gasteiger partial charge in [0.1, 0.15) is 6.54 Å². The molecule has 2 aliphatic rings. The molecule has 0 bridgehead atoms. The summed E-state index contributed by atoms with van der Waals surface area (Å²) in [5.41, 5.74) is 2.57. The Balaban J connectivity index is 1.36. The fourth-order valence-electron chi connectivity index (χ4n) is 3.66. The van der Waals surface area contributed by atoms with Crippen molar-refractivity contribution in [2.45, 2.75) is 0 Å². The molecular weight excluding hydrogens is 354 g/mol. The van der Waals surface area contributed by atoms with Gasteiger partial charge in [-0.3, -0.25) is 19.3 Å². The number of carbonyl (C=O) groups is 3. The van der Waals surface area contributed by atoms with Gasteiger partial charge in [-0.1, -0.05) is 43.0 Å². The Hall–Kier alpha value is -3.41. The van der Waals surface area contributed by atoms with Crippen molar-refractivity contribution in [2.75, 3.05) is 32.7 Å². The summed E-state index contributed by atoms with van der Waals surface area (Å²) < 4.78 is 0. The second-order valence-corrected chi connectivity index (χ2v) is 6.92. The lowest BCUT2D eigenvalue weighted by atomic mass is 10.1. The fourth-order valence-corrected chi connectivity index (χ4v) is 3.66. The third kappa shape index (κ3) is 3.17. The first kappa shape index (κ1) is 18.0. The minimum atomic E-state index is -0.188. The third-order valence-corrected chi connectivity index (χ3v) is 5.27. The number of fused-ring (bicyclic) bond motifs is 1. The van der Waals surface area contributed by atoms with E-state index >= 15 is 0 Å². The molecule has 6 heteroatoms. The Bertz CT molecular complexity index is 912. The molecule has 1 saturated heterocycles. The molecule has 2 aromatic carbocycles. The molecule has 0 saturated carbocycles. The van der Waals surface area contributed by atoms with E-state index in [4.69, 9.17) is 0 Å². The van der Waals surface area contributed by atoms with Crippen LogP contribution in [-0.4, -0.2) is 65.1 Å². The van der Waals surface area contributed by atoms with E-state index in [1.807, 2.05) is 30.3 Å². The molecule has 4 rings (SSSR count). The second-order valence-electron chi connectivity index (χ2n) is 6.92. The van der Waals surface area contributed by atoms with Gasteiger partial charge in [0, 0.05) is 48.6 Å². The van der Waals surface area contributed by atoms with Crippen LogP contribution in [0.15, 0.2) is 61.2 Å². The lowest BCUT2D eigenvalue weighted by Crippen LogP contribution is -2.52. The predicted molar refractivity (Wildman–Crippen MR) is 105 cm³/mol. The molecule has 0 spiro atoms. The molecule has 0 atom stereocenters. The van der Waals surface area contributed by atoms with E-state index in [0.717, 1.165) is 5.56 Å². The lowest BCUT2D eigenvalue weighted by Gasteiger charge is -2.35. The van der Waals surface area contributed by atoms with Gasteiger partial charge in [-0.05, 0) is 18.2 Å². The van der Waals surface area contributed by atoms with Crippen LogP contribution in [0.4, 0.5) is 0 Å². The van der Waals surface area contributed by atoms with Gasteiger partial charge in [0.05, 0.1) is 0 Å². The van der Waals surface area contributed by atoms with Gasteiger partial charge < -0.3 is 9.80 Å². The zero-order chi connectivity index (χ0) is 19.7. The summed E-state index contributed by atoms with van der Waals surface area (Å²) in [5, 5.41) is 0. The summed E-state index contributed by atoms with van der Waals surface area (Å²) in [6, 6.07) is 16.4. The number of piperazine rings is 1. The van der Waals surface area contributed by atoms with Crippen LogP contribution < -0.4 is 0 Å². The Morgan fingerprint density at radius 3 is 2.04 bits per heavy atom. The molecule has 28 heavy (non-hydrogen) atoms. The van der Waals surface area contributed by atoms with Crippen molar-refractivity contribution in [3.05, 3.63) is 77.9 Å². The first-order valence-electron chi connectivity index (χ1n) is 9.28. The average Bonchev–Trinajstić information content (AvgIpc) is 2.99. The van der Waals surface area contributed by atoms with Crippen LogP contribution in [0.5, 0.6) is 0 Å². The molecule has 0 aromatic heterocycles. The Labute approximate surface area is 163 Å². The van der Waals surface area contributed by atoms with Crippen molar-refractivity contribution >= 4 is 23.4 Å². The molecule has 2 aliphatic heterocycles. The number of nitrogens with zero attached hydrogens (tertiary/aromatic N) is 3. The number of carbonyl (C=O) groups excluding carboxylic acids is 3. The van der Waals surface area contributed by atoms with Crippen LogP contribution >= 0.6 is 0 Å². The van der Waals surface area contributed by atoms with Crippen LogP contribution in [-0.2, 0) is 4.79 Å². The van der Waals surface area contributed by atoms with Crippen molar-refractivity contribution < 1.29 is 14.4 Å². The van der Waals surface area contributed by atoms with Crippen molar-refractivity contribution in [1.29, 1.82) is 0 Å². The van der Waals surface area contributed by atoms with Crippen molar-refractivity contribution in [2.24, 2.45) is 0 Å². The Morgan fingerprint density at radius 1 is 0.821 bits per heavy atom. The standard InChI is InChI=1S/C22H21N3O3/c1-16-18-9-5-6-10-19(18)22(28)25(16)15-20(26)23-11-13-24(14-12-23)21(27)17-7-3-2-4-8-17/h2-10H,1,11-15H2. The highest BCUT2D eigenvalue weighted by atomic mass is 16.2. The Kier molecular flexibility index (Phi) is 4.69. The maximum absolute atomic E-state index is 12.7. The smallest absolute Gasteiger partial charge is 0.259 e. The summed E-state index contributed by atoms with van der Waals surface area (Å²) in [5.74, 6) is -0.341. The van der Waals surface area contributed by atoms with Crippen LogP contribution in [0, 0.1) is 0 Å². The monoisotopic (exact) mass is 375 g/mol. The number of amides is 3. The van der Waals surface area contributed by atoms with E-state index < -0.39 is 0 Å². The summed E-state index contributed by atoms with van der Waals surface area (Å²) in [7, 11) is 0. The van der Waals surface area contributed by atoms with E-state index in [2.05, 4.69) is 6.58 Å². The maximum atomic E-state index is 12.7. The lowest BCUT2D eigenvalue weighted by molar-refractivity contribution is -0.132. The average molecular weight is 375 g/mol. The SMILES string of the molecule is C=C1c2ccccc2C(=O)N1CC(=O)N1CCN(C(=O)c2ccccc2)CC1. The Morgan fingerprint density at radius 2 is 1.39 bits per heavy atom. The highest BCUT2D eigenvalue weighted by Crippen LogP contribution is 2.30. The van der Waals surface area contributed by atoms with E-state index in [1.165, 1.54) is 4.90 Å². The van der Waals surface area contributed by atoms with E-state index in [0.29, 0.717) is 43.0 Å². The van der Waals surface area contributed by atoms with E-state index in [-0.39, 0.29) is 24.3 Å². The van der Waals surface area contributed by atoms with Gasteiger partial charge in [0.2, 0.25) is 5.91 Å². The molecule has 0 N–H and O–H groups in total. The molecule has 2 heterocycles. The van der Waals surface area contributed by atoms with Crippen LogP contribution in [0.2, 0.25) is 0 Å². The molecule has 2 aromatic rings. The molecule has 6 nitrogen and oxygen atoms in total. The van der Waals surface area contributed by atoms with Crippen molar-refractivity contribution in [3.8, 4) is 0 Å². The molecular formula is C22H21N3O3. The van der Waals surface area contributed by atoms with Gasteiger partial charge in [0.25, 0.3) is 11.8 Å². The molecule has 0 aliphatic carbocycles. The van der Waals surface area contributed by atoms with Crippen LogP contribution in [0.25, 0.3) is 5.70 Å². The van der Waals surface area contributed by atoms with E-state index in [9.17, 15) is 14.4 Å². The van der Waals surface area contributed by atoms with Gasteiger partial charge in [0.15, 0.2) is 0 Å². The minimum absolute atomic E-state index is 0.0220. The van der Waals surface area contributed by atoms with E-state index in [1.54, 1.807) is 34.1 Å². The highest BCUT2D eigenvalue weighted by molar-refractivity contribution is 6.10. The van der Waals surface area contributed by atoms with Crippen LogP contribution in [0.3, 0.4) is 0 Å². The topological polar surface area (TPSA) is 60.9 Å². The number of rotatable bonds is 3. The number of benzene rings is 2. The van der Waals surface area contributed by atoms with Crippen molar-refractivity contribution in [3.63, 3.8) is 0 Å². The van der Waals surface area contributed by atoms with Crippen molar-refractivity contribution in [1.82, 2.24) is 14.7 Å². The summed E-state index contributed by atoms with van der Waals surface area (Å²) in [6.07, 6.45) is 0. The molecule has 3 amide bonds. The fraction of sp³-hybridized carbons (Fsp3) is 0.227. The molecule has 1 fully saturated rings. The second kappa shape index (κ2) is 7.31.